The van der Waals surface area contributed by atoms with Crippen molar-refractivity contribution in [2.45, 2.75) is 53.1 Å². The van der Waals surface area contributed by atoms with Gasteiger partial charge in [0, 0.05) is 23.8 Å². The fourth-order valence-corrected chi connectivity index (χ4v) is 4.25. The van der Waals surface area contributed by atoms with Gasteiger partial charge in [-0.1, -0.05) is 26.0 Å². The molecule has 3 aromatic rings. The lowest BCUT2D eigenvalue weighted by atomic mass is 10.1. The van der Waals surface area contributed by atoms with E-state index in [0.717, 1.165) is 44.7 Å². The number of aromatic nitrogens is 2. The number of hydrogen-bond donors (Lipinski definition) is 2. The number of carbonyl (C=O) groups excluding carboxylic acids is 1. The summed E-state index contributed by atoms with van der Waals surface area (Å²) in [6.07, 6.45) is 2.16. The first kappa shape index (κ1) is 27.2. The summed E-state index contributed by atoms with van der Waals surface area (Å²) in [6.45, 7) is 12.1. The molecule has 2 aromatic carbocycles. The van der Waals surface area contributed by atoms with E-state index in [9.17, 15) is 9.59 Å². The first-order chi connectivity index (χ1) is 17.4. The lowest BCUT2D eigenvalue weighted by Gasteiger charge is -2.19. The van der Waals surface area contributed by atoms with Crippen LogP contribution >= 0.6 is 0 Å². The summed E-state index contributed by atoms with van der Waals surface area (Å²) in [5.74, 6) is 0.848. The van der Waals surface area contributed by atoms with Crippen LogP contribution in [0.3, 0.4) is 0 Å². The number of rotatable bonds is 13. The third-order valence-corrected chi connectivity index (χ3v) is 6.00. The van der Waals surface area contributed by atoms with Crippen molar-refractivity contribution < 1.29 is 9.53 Å². The average Bonchev–Trinajstić information content (AvgIpc) is 2.87. The van der Waals surface area contributed by atoms with Crippen molar-refractivity contribution in [2.75, 3.05) is 38.6 Å². The van der Waals surface area contributed by atoms with Gasteiger partial charge in [-0.25, -0.2) is 4.98 Å². The van der Waals surface area contributed by atoms with Crippen molar-refractivity contribution in [1.82, 2.24) is 19.8 Å². The van der Waals surface area contributed by atoms with Gasteiger partial charge in [-0.15, -0.1) is 0 Å². The monoisotopic (exact) mass is 493 g/mol. The molecule has 0 fully saturated rings. The largest absolute Gasteiger partial charge is 0.497 e. The van der Waals surface area contributed by atoms with Crippen molar-refractivity contribution in [3.05, 3.63) is 52.8 Å². The Labute approximate surface area is 213 Å². The summed E-state index contributed by atoms with van der Waals surface area (Å²) in [7, 11) is 1.59. The number of amides is 1. The summed E-state index contributed by atoms with van der Waals surface area (Å²) in [6, 6.07) is 13.0. The van der Waals surface area contributed by atoms with Crippen LogP contribution in [-0.2, 0) is 11.3 Å². The third-order valence-electron chi connectivity index (χ3n) is 6.00. The molecule has 1 heterocycles. The smallest absolute Gasteiger partial charge is 0.262 e. The highest BCUT2D eigenvalue weighted by Gasteiger charge is 2.17. The van der Waals surface area contributed by atoms with Crippen LogP contribution in [0, 0.1) is 0 Å². The summed E-state index contributed by atoms with van der Waals surface area (Å²) < 4.78 is 6.81. The van der Waals surface area contributed by atoms with Crippen LogP contribution in [0.15, 0.2) is 47.3 Å². The molecule has 3 rings (SSSR count). The van der Waals surface area contributed by atoms with E-state index in [1.807, 2.05) is 56.3 Å². The van der Waals surface area contributed by atoms with E-state index in [2.05, 4.69) is 29.4 Å². The standard InChI is InChI=1S/C28H39N5O3/c1-6-15-32(7-2)16-9-14-29-22-12-13-25-24(18-22)28(35)33(19-26(34)30-20(3)4)27(31-25)21-10-8-11-23(17-21)36-5/h8,10-13,17-18,20,29H,6-7,9,14-16,19H2,1-5H3,(H,30,34). The van der Waals surface area contributed by atoms with Gasteiger partial charge in [0.1, 0.15) is 18.1 Å². The maximum atomic E-state index is 13.7. The molecule has 0 radical (unpaired) electrons. The van der Waals surface area contributed by atoms with Gasteiger partial charge < -0.3 is 20.3 Å². The van der Waals surface area contributed by atoms with Gasteiger partial charge in [-0.3, -0.25) is 14.2 Å². The molecule has 1 aromatic heterocycles. The number of hydrogen-bond acceptors (Lipinski definition) is 6. The molecule has 2 N–H and O–H groups in total. The van der Waals surface area contributed by atoms with Crippen LogP contribution in [0.2, 0.25) is 0 Å². The minimum atomic E-state index is -0.250. The second-order valence-electron chi connectivity index (χ2n) is 9.23. The van der Waals surface area contributed by atoms with E-state index in [4.69, 9.17) is 9.72 Å². The number of carbonyl (C=O) groups is 1. The van der Waals surface area contributed by atoms with Gasteiger partial charge in [-0.2, -0.15) is 0 Å². The molecule has 8 heteroatoms. The van der Waals surface area contributed by atoms with Gasteiger partial charge in [-0.05, 0) is 76.7 Å². The fraction of sp³-hybridized carbons (Fsp3) is 0.464. The summed E-state index contributed by atoms with van der Waals surface area (Å²) in [4.78, 5) is 33.5. The highest BCUT2D eigenvalue weighted by molar-refractivity contribution is 5.84. The van der Waals surface area contributed by atoms with Crippen LogP contribution in [-0.4, -0.2) is 59.7 Å². The topological polar surface area (TPSA) is 88.5 Å². The van der Waals surface area contributed by atoms with Gasteiger partial charge in [0.2, 0.25) is 5.91 Å². The molecule has 0 atom stereocenters. The number of nitrogens with zero attached hydrogens (tertiary/aromatic N) is 3. The van der Waals surface area contributed by atoms with E-state index in [0.29, 0.717) is 28.0 Å². The zero-order chi connectivity index (χ0) is 26.1. The third kappa shape index (κ3) is 7.07. The van der Waals surface area contributed by atoms with Gasteiger partial charge in [0.05, 0.1) is 18.0 Å². The molecule has 0 aliphatic rings. The number of benzene rings is 2. The van der Waals surface area contributed by atoms with E-state index in [1.165, 1.54) is 4.57 Å². The zero-order valence-corrected chi connectivity index (χ0v) is 22.1. The molecule has 0 saturated carbocycles. The number of fused-ring (bicyclic) bond motifs is 1. The summed E-state index contributed by atoms with van der Waals surface area (Å²) >= 11 is 0. The molecule has 0 spiro atoms. The zero-order valence-electron chi connectivity index (χ0n) is 22.1. The Bertz CT molecular complexity index is 1220. The first-order valence-electron chi connectivity index (χ1n) is 12.8. The van der Waals surface area contributed by atoms with Crippen LogP contribution in [0.5, 0.6) is 5.75 Å². The second-order valence-corrected chi connectivity index (χ2v) is 9.23. The van der Waals surface area contributed by atoms with E-state index < -0.39 is 0 Å². The van der Waals surface area contributed by atoms with E-state index in [-0.39, 0.29) is 24.1 Å². The van der Waals surface area contributed by atoms with Crippen LogP contribution < -0.4 is 20.9 Å². The lowest BCUT2D eigenvalue weighted by Crippen LogP contribution is -2.37. The fourth-order valence-electron chi connectivity index (χ4n) is 4.25. The van der Waals surface area contributed by atoms with Crippen molar-refractivity contribution in [1.29, 1.82) is 0 Å². The Morgan fingerprint density at radius 3 is 2.64 bits per heavy atom. The van der Waals surface area contributed by atoms with E-state index >= 15 is 0 Å². The van der Waals surface area contributed by atoms with Gasteiger partial charge in [0.15, 0.2) is 0 Å². The lowest BCUT2D eigenvalue weighted by molar-refractivity contribution is -0.122. The maximum absolute atomic E-state index is 13.7. The van der Waals surface area contributed by atoms with Crippen molar-refractivity contribution in [3.8, 4) is 17.1 Å². The molecule has 0 aliphatic carbocycles. The Kier molecular flexibility index (Phi) is 9.87. The highest BCUT2D eigenvalue weighted by atomic mass is 16.5. The number of methoxy groups -OCH3 is 1. The van der Waals surface area contributed by atoms with Crippen LogP contribution in [0.25, 0.3) is 22.3 Å². The minimum absolute atomic E-state index is 0.0290. The first-order valence-corrected chi connectivity index (χ1v) is 12.8. The second kappa shape index (κ2) is 13.1. The van der Waals surface area contributed by atoms with Crippen LogP contribution in [0.1, 0.15) is 40.5 Å². The Morgan fingerprint density at radius 1 is 1.14 bits per heavy atom. The Balaban J connectivity index is 1.93. The van der Waals surface area contributed by atoms with Crippen molar-refractivity contribution in [3.63, 3.8) is 0 Å². The quantitative estimate of drug-likeness (QED) is 0.348. The predicted molar refractivity (Wildman–Crippen MR) is 147 cm³/mol. The molecule has 36 heavy (non-hydrogen) atoms. The molecule has 194 valence electrons. The number of nitrogens with one attached hydrogen (secondary N) is 2. The number of anilines is 1. The molecule has 1 amide bonds. The Hall–Kier alpha value is -3.39. The number of ether oxygens (including phenoxy) is 1. The highest BCUT2D eigenvalue weighted by Crippen LogP contribution is 2.24. The van der Waals surface area contributed by atoms with Crippen molar-refractivity contribution in [2.24, 2.45) is 0 Å². The predicted octanol–water partition coefficient (Wildman–Crippen LogP) is 4.13. The average molecular weight is 494 g/mol. The molecule has 0 aliphatic heterocycles. The van der Waals surface area contributed by atoms with Gasteiger partial charge in [0.25, 0.3) is 5.56 Å². The SMILES string of the molecule is CCCN(CC)CCCNc1ccc2nc(-c3cccc(OC)c3)n(CC(=O)NC(C)C)c(=O)c2c1. The summed E-state index contributed by atoms with van der Waals surface area (Å²) in [5, 5.41) is 6.78. The molecular formula is C28H39N5O3. The van der Waals surface area contributed by atoms with Gasteiger partial charge >= 0.3 is 0 Å². The summed E-state index contributed by atoms with van der Waals surface area (Å²) in [5.41, 5.74) is 1.91. The molecule has 0 bridgehead atoms. The molecule has 0 unspecified atom stereocenters. The van der Waals surface area contributed by atoms with E-state index in [1.54, 1.807) is 7.11 Å². The molecule has 0 saturated heterocycles. The maximum Gasteiger partial charge on any atom is 0.262 e. The normalized spacial score (nSPS) is 11.3. The van der Waals surface area contributed by atoms with Crippen LogP contribution in [0.4, 0.5) is 5.69 Å². The Morgan fingerprint density at radius 2 is 1.94 bits per heavy atom. The van der Waals surface area contributed by atoms with Crippen molar-refractivity contribution >= 4 is 22.5 Å². The molecular weight excluding hydrogens is 454 g/mol. The molecule has 8 nitrogen and oxygen atoms in total. The minimum Gasteiger partial charge on any atom is -0.497 e.